The van der Waals surface area contributed by atoms with Crippen molar-refractivity contribution in [2.24, 2.45) is 0 Å². The molecule has 0 unspecified atom stereocenters. The summed E-state index contributed by atoms with van der Waals surface area (Å²) in [4.78, 5) is 0.248. The molecule has 0 amide bonds. The van der Waals surface area contributed by atoms with Crippen LogP contribution < -0.4 is 4.72 Å². The molecule has 3 nitrogen and oxygen atoms in total. The van der Waals surface area contributed by atoms with Crippen LogP contribution in [0.4, 0.5) is 4.39 Å². The summed E-state index contributed by atoms with van der Waals surface area (Å²) in [6, 6.07) is 1.10. The minimum Gasteiger partial charge on any atom is -0.212 e. The van der Waals surface area contributed by atoms with E-state index in [0.29, 0.717) is 0 Å². The highest BCUT2D eigenvalue weighted by molar-refractivity contribution is 7.88. The first kappa shape index (κ1) is 11.6. The minimum absolute atomic E-state index is 0.164. The minimum atomic E-state index is -3.41. The Balaban J connectivity index is 2.74. The van der Waals surface area contributed by atoms with E-state index in [4.69, 9.17) is 0 Å². The van der Waals surface area contributed by atoms with Crippen LogP contribution in [0.5, 0.6) is 0 Å². The van der Waals surface area contributed by atoms with Gasteiger partial charge in [-0.15, -0.1) is 11.3 Å². The van der Waals surface area contributed by atoms with E-state index in [-0.39, 0.29) is 16.7 Å². The average molecular weight is 237 g/mol. The van der Waals surface area contributed by atoms with Gasteiger partial charge in [-0.05, 0) is 25.3 Å². The predicted molar refractivity (Wildman–Crippen MR) is 55.2 cm³/mol. The molecule has 0 radical (unpaired) electrons. The molecule has 0 aliphatic heterocycles. The quantitative estimate of drug-likeness (QED) is 0.866. The van der Waals surface area contributed by atoms with Gasteiger partial charge in [-0.1, -0.05) is 0 Å². The lowest BCUT2D eigenvalue weighted by Crippen LogP contribution is -2.31. The fourth-order valence-electron chi connectivity index (χ4n) is 1.00. The summed E-state index contributed by atoms with van der Waals surface area (Å²) < 4.78 is 38.1. The van der Waals surface area contributed by atoms with Crippen LogP contribution in [0.3, 0.4) is 0 Å². The molecule has 0 aromatic carbocycles. The van der Waals surface area contributed by atoms with Crippen LogP contribution in [-0.4, -0.2) is 14.5 Å². The summed E-state index contributed by atoms with van der Waals surface area (Å²) in [5, 5.41) is 1.54. The fraction of sp³-hybridized carbons (Fsp3) is 0.500. The van der Waals surface area contributed by atoms with E-state index in [1.165, 1.54) is 11.4 Å². The van der Waals surface area contributed by atoms with Crippen LogP contribution in [0.2, 0.25) is 0 Å². The first-order valence-electron chi connectivity index (χ1n) is 4.12. The summed E-state index contributed by atoms with van der Waals surface area (Å²) in [6.07, 6.45) is 0. The van der Waals surface area contributed by atoms with E-state index >= 15 is 0 Å². The van der Waals surface area contributed by atoms with Crippen molar-refractivity contribution < 1.29 is 12.8 Å². The third-order valence-corrected chi connectivity index (χ3v) is 4.01. The molecule has 0 saturated heterocycles. The van der Waals surface area contributed by atoms with Gasteiger partial charge in [0.25, 0.3) is 0 Å². The zero-order valence-corrected chi connectivity index (χ0v) is 9.58. The topological polar surface area (TPSA) is 46.2 Å². The maximum Gasteiger partial charge on any atom is 0.216 e. The van der Waals surface area contributed by atoms with Gasteiger partial charge in [0.05, 0.1) is 4.88 Å². The lowest BCUT2D eigenvalue weighted by molar-refractivity contribution is 0.565. The smallest absolute Gasteiger partial charge is 0.212 e. The van der Waals surface area contributed by atoms with Crippen molar-refractivity contribution in [1.82, 2.24) is 4.72 Å². The van der Waals surface area contributed by atoms with Crippen molar-refractivity contribution in [2.75, 3.05) is 0 Å². The molecule has 1 N–H and O–H groups in total. The second kappa shape index (κ2) is 4.37. The first-order chi connectivity index (χ1) is 6.41. The Morgan fingerprint density at radius 3 is 2.64 bits per heavy atom. The van der Waals surface area contributed by atoms with Crippen molar-refractivity contribution in [1.29, 1.82) is 0 Å². The molecule has 14 heavy (non-hydrogen) atoms. The zero-order valence-electron chi connectivity index (χ0n) is 7.95. The summed E-state index contributed by atoms with van der Waals surface area (Å²) in [6.45, 7) is 3.45. The van der Waals surface area contributed by atoms with Gasteiger partial charge >= 0.3 is 0 Å². The highest BCUT2D eigenvalue weighted by Gasteiger charge is 2.16. The number of rotatable bonds is 4. The molecule has 0 fully saturated rings. The van der Waals surface area contributed by atoms with Crippen molar-refractivity contribution in [2.45, 2.75) is 25.6 Å². The molecule has 0 bridgehead atoms. The molecular formula is C8H12FNO2S2. The summed E-state index contributed by atoms with van der Waals surface area (Å²) in [5.74, 6) is -0.738. The second-order valence-corrected chi connectivity index (χ2v) is 5.98. The molecular weight excluding hydrogens is 225 g/mol. The standard InChI is InChI=1S/C8H12FNO2S2/c1-6(2)10-14(11,12)5-8-7(9)3-4-13-8/h3-4,6,10H,5H2,1-2H3. The molecule has 1 aromatic rings. The number of sulfonamides is 1. The van der Waals surface area contributed by atoms with E-state index in [9.17, 15) is 12.8 Å². The van der Waals surface area contributed by atoms with Crippen molar-refractivity contribution in [3.05, 3.63) is 22.1 Å². The molecule has 0 spiro atoms. The summed E-state index contributed by atoms with van der Waals surface area (Å²) >= 11 is 1.11. The van der Waals surface area contributed by atoms with E-state index in [1.54, 1.807) is 13.8 Å². The first-order valence-corrected chi connectivity index (χ1v) is 6.66. The fourth-order valence-corrected chi connectivity index (χ4v) is 3.56. The van der Waals surface area contributed by atoms with Crippen LogP contribution in [-0.2, 0) is 15.8 Å². The Hall–Kier alpha value is -0.460. The average Bonchev–Trinajstić information content (AvgIpc) is 2.32. The Labute approximate surface area is 87.0 Å². The molecule has 80 valence electrons. The Morgan fingerprint density at radius 1 is 1.57 bits per heavy atom. The number of halogens is 1. The Morgan fingerprint density at radius 2 is 2.21 bits per heavy atom. The highest BCUT2D eigenvalue weighted by atomic mass is 32.2. The highest BCUT2D eigenvalue weighted by Crippen LogP contribution is 2.17. The zero-order chi connectivity index (χ0) is 10.8. The SMILES string of the molecule is CC(C)NS(=O)(=O)Cc1sccc1F. The van der Waals surface area contributed by atoms with E-state index in [0.717, 1.165) is 11.3 Å². The van der Waals surface area contributed by atoms with Crippen LogP contribution >= 0.6 is 11.3 Å². The van der Waals surface area contributed by atoms with Gasteiger partial charge in [-0.2, -0.15) is 0 Å². The van der Waals surface area contributed by atoms with Crippen LogP contribution in [0.1, 0.15) is 18.7 Å². The van der Waals surface area contributed by atoms with Crippen molar-refractivity contribution in [3.8, 4) is 0 Å². The largest absolute Gasteiger partial charge is 0.216 e. The summed E-state index contributed by atoms with van der Waals surface area (Å²) in [7, 11) is -3.41. The second-order valence-electron chi connectivity index (χ2n) is 3.22. The third kappa shape index (κ3) is 3.36. The summed E-state index contributed by atoms with van der Waals surface area (Å²) in [5.41, 5.74) is 0. The maximum absolute atomic E-state index is 12.9. The van der Waals surface area contributed by atoms with Gasteiger partial charge in [0.15, 0.2) is 0 Å². The molecule has 1 aromatic heterocycles. The van der Waals surface area contributed by atoms with Crippen LogP contribution in [0.25, 0.3) is 0 Å². The monoisotopic (exact) mass is 237 g/mol. The molecule has 1 heterocycles. The number of thiophene rings is 1. The van der Waals surface area contributed by atoms with Crippen LogP contribution in [0, 0.1) is 5.82 Å². The molecule has 0 saturated carbocycles. The van der Waals surface area contributed by atoms with Gasteiger partial charge in [0, 0.05) is 6.04 Å². The number of nitrogens with one attached hydrogen (secondary N) is 1. The van der Waals surface area contributed by atoms with Crippen LogP contribution in [0.15, 0.2) is 11.4 Å². The van der Waals surface area contributed by atoms with E-state index < -0.39 is 15.8 Å². The third-order valence-electron chi connectivity index (χ3n) is 1.43. The van der Waals surface area contributed by atoms with Gasteiger partial charge in [-0.3, -0.25) is 0 Å². The molecule has 6 heteroatoms. The van der Waals surface area contributed by atoms with Gasteiger partial charge in [0.1, 0.15) is 11.6 Å². The van der Waals surface area contributed by atoms with E-state index in [1.807, 2.05) is 0 Å². The lowest BCUT2D eigenvalue weighted by atomic mass is 10.4. The Kier molecular flexibility index (Phi) is 3.63. The Bertz CT molecular complexity index is 397. The maximum atomic E-state index is 12.9. The predicted octanol–water partition coefficient (Wildman–Crippen LogP) is 1.72. The van der Waals surface area contributed by atoms with Gasteiger partial charge in [-0.25, -0.2) is 17.5 Å². The molecule has 0 atom stereocenters. The van der Waals surface area contributed by atoms with Gasteiger partial charge in [0.2, 0.25) is 10.0 Å². The molecule has 1 rings (SSSR count). The van der Waals surface area contributed by atoms with Gasteiger partial charge < -0.3 is 0 Å². The number of hydrogen-bond donors (Lipinski definition) is 1. The number of hydrogen-bond acceptors (Lipinski definition) is 3. The lowest BCUT2D eigenvalue weighted by Gasteiger charge is -2.08. The van der Waals surface area contributed by atoms with E-state index in [2.05, 4.69) is 4.72 Å². The molecule has 0 aliphatic rings. The van der Waals surface area contributed by atoms with Crippen molar-refractivity contribution >= 4 is 21.4 Å². The molecule has 0 aliphatic carbocycles. The van der Waals surface area contributed by atoms with Crippen molar-refractivity contribution in [3.63, 3.8) is 0 Å². The normalized spacial score (nSPS) is 12.3.